The molecular weight excluding hydrogens is 216 g/mol. The first-order valence-corrected chi connectivity index (χ1v) is 4.74. The van der Waals surface area contributed by atoms with E-state index in [-0.39, 0.29) is 29.9 Å². The van der Waals surface area contributed by atoms with Crippen LogP contribution < -0.4 is 10.6 Å². The summed E-state index contributed by atoms with van der Waals surface area (Å²) >= 11 is 0. The predicted octanol–water partition coefficient (Wildman–Crippen LogP) is 0.753. The Bertz CT molecular complexity index is 327. The van der Waals surface area contributed by atoms with Crippen molar-refractivity contribution in [1.29, 1.82) is 0 Å². The lowest BCUT2D eigenvalue weighted by molar-refractivity contribution is 0.376. The van der Waals surface area contributed by atoms with Crippen molar-refractivity contribution in [2.75, 3.05) is 19.6 Å². The van der Waals surface area contributed by atoms with Crippen LogP contribution in [0.2, 0.25) is 0 Å². The number of nitrogens with one attached hydrogen (secondary N) is 2. The van der Waals surface area contributed by atoms with E-state index in [2.05, 4.69) is 10.6 Å². The van der Waals surface area contributed by atoms with Crippen molar-refractivity contribution in [3.8, 4) is 11.5 Å². The van der Waals surface area contributed by atoms with Crippen molar-refractivity contribution in [2.45, 2.75) is 6.04 Å². The summed E-state index contributed by atoms with van der Waals surface area (Å²) in [4.78, 5) is 0. The third-order valence-corrected chi connectivity index (χ3v) is 2.46. The highest BCUT2D eigenvalue weighted by molar-refractivity contribution is 5.85. The molecule has 1 aromatic carbocycles. The van der Waals surface area contributed by atoms with E-state index < -0.39 is 0 Å². The molecule has 1 saturated heterocycles. The van der Waals surface area contributed by atoms with Crippen LogP contribution in [0.15, 0.2) is 18.2 Å². The molecule has 0 bridgehead atoms. The third-order valence-electron chi connectivity index (χ3n) is 2.46. The first-order chi connectivity index (χ1) is 6.79. The summed E-state index contributed by atoms with van der Waals surface area (Å²) < 4.78 is 0. The summed E-state index contributed by atoms with van der Waals surface area (Å²) in [7, 11) is 0. The van der Waals surface area contributed by atoms with E-state index >= 15 is 0 Å². The van der Waals surface area contributed by atoms with Crippen LogP contribution in [-0.2, 0) is 0 Å². The van der Waals surface area contributed by atoms with Crippen LogP contribution in [0.25, 0.3) is 0 Å². The fourth-order valence-corrected chi connectivity index (χ4v) is 1.70. The van der Waals surface area contributed by atoms with Gasteiger partial charge in [-0.1, -0.05) is 12.1 Å². The minimum Gasteiger partial charge on any atom is -0.504 e. The van der Waals surface area contributed by atoms with Gasteiger partial charge in [-0.25, -0.2) is 0 Å². The fourth-order valence-electron chi connectivity index (χ4n) is 1.70. The van der Waals surface area contributed by atoms with Crippen molar-refractivity contribution in [3.05, 3.63) is 23.8 Å². The van der Waals surface area contributed by atoms with Crippen molar-refractivity contribution in [2.24, 2.45) is 0 Å². The summed E-state index contributed by atoms with van der Waals surface area (Å²) in [5.41, 5.74) is 0.747. The molecule has 15 heavy (non-hydrogen) atoms. The lowest BCUT2D eigenvalue weighted by atomic mass is 10.0. The molecule has 1 heterocycles. The van der Waals surface area contributed by atoms with E-state index in [9.17, 15) is 10.2 Å². The third kappa shape index (κ3) is 2.53. The summed E-state index contributed by atoms with van der Waals surface area (Å²) in [5, 5.41) is 25.5. The van der Waals surface area contributed by atoms with Gasteiger partial charge in [0.1, 0.15) is 0 Å². The second-order valence-electron chi connectivity index (χ2n) is 3.43. The van der Waals surface area contributed by atoms with Crippen molar-refractivity contribution in [3.63, 3.8) is 0 Å². The minimum atomic E-state index is -0.0603. The zero-order valence-electron chi connectivity index (χ0n) is 8.23. The second-order valence-corrected chi connectivity index (χ2v) is 3.43. The number of hydrogen-bond acceptors (Lipinski definition) is 4. The van der Waals surface area contributed by atoms with Crippen LogP contribution in [0.1, 0.15) is 11.6 Å². The molecule has 0 radical (unpaired) electrons. The van der Waals surface area contributed by atoms with Crippen LogP contribution in [0, 0.1) is 0 Å². The van der Waals surface area contributed by atoms with Gasteiger partial charge in [0.2, 0.25) is 0 Å². The molecule has 1 atom stereocenters. The molecule has 1 aliphatic heterocycles. The van der Waals surface area contributed by atoms with Crippen LogP contribution in [0.3, 0.4) is 0 Å². The zero-order valence-corrected chi connectivity index (χ0v) is 9.05. The Labute approximate surface area is 94.7 Å². The standard InChI is InChI=1S/C10H14N2O2.ClH/c13-9-3-1-2-7(10(9)14)8-6-11-4-5-12-8;/h1-3,8,11-14H,4-6H2;1H/t8-;/m0./s1. The van der Waals surface area contributed by atoms with Gasteiger partial charge < -0.3 is 20.8 Å². The molecule has 84 valence electrons. The van der Waals surface area contributed by atoms with E-state index in [4.69, 9.17) is 0 Å². The number of para-hydroxylation sites is 1. The molecule has 2 rings (SSSR count). The van der Waals surface area contributed by atoms with E-state index in [1.165, 1.54) is 6.07 Å². The summed E-state index contributed by atoms with van der Waals surface area (Å²) in [6, 6.07) is 5.12. The number of rotatable bonds is 1. The molecule has 0 aliphatic carbocycles. The van der Waals surface area contributed by atoms with Crippen LogP contribution >= 0.6 is 12.4 Å². The lowest BCUT2D eigenvalue weighted by Gasteiger charge is -2.25. The number of piperazine rings is 1. The van der Waals surface area contributed by atoms with Crippen LogP contribution in [0.5, 0.6) is 11.5 Å². The van der Waals surface area contributed by atoms with Gasteiger partial charge in [-0.15, -0.1) is 12.4 Å². The molecule has 0 unspecified atom stereocenters. The van der Waals surface area contributed by atoms with Gasteiger partial charge in [-0.2, -0.15) is 0 Å². The Balaban J connectivity index is 0.00000112. The highest BCUT2D eigenvalue weighted by atomic mass is 35.5. The maximum absolute atomic E-state index is 9.63. The molecule has 0 saturated carbocycles. The van der Waals surface area contributed by atoms with Gasteiger partial charge in [0, 0.05) is 31.2 Å². The highest BCUT2D eigenvalue weighted by Gasteiger charge is 2.18. The maximum Gasteiger partial charge on any atom is 0.162 e. The molecule has 1 aliphatic rings. The SMILES string of the molecule is Cl.Oc1cccc([C@@H]2CNCCN2)c1O. The molecule has 1 aromatic rings. The predicted molar refractivity (Wildman–Crippen MR) is 60.6 cm³/mol. The maximum atomic E-state index is 9.63. The Morgan fingerprint density at radius 3 is 2.67 bits per heavy atom. The van der Waals surface area contributed by atoms with E-state index in [0.717, 1.165) is 25.2 Å². The molecule has 0 aromatic heterocycles. The Morgan fingerprint density at radius 2 is 2.00 bits per heavy atom. The Hall–Kier alpha value is -0.970. The first-order valence-electron chi connectivity index (χ1n) is 4.74. The van der Waals surface area contributed by atoms with Gasteiger partial charge in [0.05, 0.1) is 0 Å². The van der Waals surface area contributed by atoms with Gasteiger partial charge in [0.15, 0.2) is 11.5 Å². The molecule has 0 spiro atoms. The average molecular weight is 231 g/mol. The van der Waals surface area contributed by atoms with E-state index in [1.54, 1.807) is 6.07 Å². The lowest BCUT2D eigenvalue weighted by Crippen LogP contribution is -2.42. The topological polar surface area (TPSA) is 64.5 Å². The molecule has 5 heteroatoms. The van der Waals surface area contributed by atoms with E-state index in [1.807, 2.05) is 6.07 Å². The van der Waals surface area contributed by atoms with Gasteiger partial charge in [0.25, 0.3) is 0 Å². The van der Waals surface area contributed by atoms with Crippen molar-refractivity contribution >= 4 is 12.4 Å². The molecular formula is C10H15ClN2O2. The minimum absolute atomic E-state index is 0. The highest BCUT2D eigenvalue weighted by Crippen LogP contribution is 2.32. The monoisotopic (exact) mass is 230 g/mol. The molecule has 4 N–H and O–H groups in total. The number of halogens is 1. The summed E-state index contributed by atoms with van der Waals surface area (Å²) in [6.45, 7) is 2.59. The summed E-state index contributed by atoms with van der Waals surface area (Å²) in [6.07, 6.45) is 0. The number of benzene rings is 1. The van der Waals surface area contributed by atoms with Gasteiger partial charge >= 0.3 is 0 Å². The van der Waals surface area contributed by atoms with Crippen LogP contribution in [0.4, 0.5) is 0 Å². The normalized spacial score (nSPS) is 20.7. The quantitative estimate of drug-likeness (QED) is 0.538. The van der Waals surface area contributed by atoms with Gasteiger partial charge in [-0.3, -0.25) is 0 Å². The second kappa shape index (κ2) is 5.21. The van der Waals surface area contributed by atoms with Crippen molar-refractivity contribution < 1.29 is 10.2 Å². The molecule has 0 amide bonds. The summed E-state index contributed by atoms with van der Waals surface area (Å²) in [5.74, 6) is -0.0800. The number of phenolic OH excluding ortho intramolecular Hbond substituents is 2. The first kappa shape index (κ1) is 12.1. The fraction of sp³-hybridized carbons (Fsp3) is 0.400. The molecule has 4 nitrogen and oxygen atoms in total. The van der Waals surface area contributed by atoms with E-state index in [0.29, 0.717) is 0 Å². The van der Waals surface area contributed by atoms with Crippen LogP contribution in [-0.4, -0.2) is 29.8 Å². The molecule has 1 fully saturated rings. The Morgan fingerprint density at radius 1 is 1.20 bits per heavy atom. The number of aromatic hydroxyl groups is 2. The average Bonchev–Trinajstić information content (AvgIpc) is 2.23. The number of hydrogen-bond donors (Lipinski definition) is 4. The smallest absolute Gasteiger partial charge is 0.162 e. The Kier molecular flexibility index (Phi) is 4.20. The zero-order chi connectivity index (χ0) is 9.97. The van der Waals surface area contributed by atoms with Gasteiger partial charge in [-0.05, 0) is 6.07 Å². The number of phenols is 2. The van der Waals surface area contributed by atoms with Crippen molar-refractivity contribution in [1.82, 2.24) is 10.6 Å². The largest absolute Gasteiger partial charge is 0.504 e.